The van der Waals surface area contributed by atoms with Crippen LogP contribution in [0.15, 0.2) is 53.1 Å². The zero-order chi connectivity index (χ0) is 21.5. The number of rotatable bonds is 5. The highest BCUT2D eigenvalue weighted by Crippen LogP contribution is 2.30. The fourth-order valence-corrected chi connectivity index (χ4v) is 3.53. The average Bonchev–Trinajstić information content (AvgIpc) is 3.28. The quantitative estimate of drug-likeness (QED) is 0.610. The van der Waals surface area contributed by atoms with Crippen LogP contribution in [0, 0.1) is 0 Å². The zero-order valence-corrected chi connectivity index (χ0v) is 17.6. The van der Waals surface area contributed by atoms with E-state index >= 15 is 0 Å². The van der Waals surface area contributed by atoms with Gasteiger partial charge in [0.25, 0.3) is 5.91 Å². The van der Waals surface area contributed by atoms with E-state index in [1.54, 1.807) is 31.2 Å². The molecule has 2 heterocycles. The van der Waals surface area contributed by atoms with Crippen molar-refractivity contribution in [3.05, 3.63) is 70.6 Å². The van der Waals surface area contributed by atoms with Crippen molar-refractivity contribution >= 4 is 23.5 Å². The van der Waals surface area contributed by atoms with Crippen molar-refractivity contribution in [3.63, 3.8) is 0 Å². The maximum Gasteiger partial charge on any atom is 0.325 e. The number of urea groups is 1. The van der Waals surface area contributed by atoms with Crippen LogP contribution in [0.2, 0.25) is 5.02 Å². The lowest BCUT2D eigenvalue weighted by Crippen LogP contribution is -2.40. The topological polar surface area (TPSA) is 88.3 Å². The molecule has 30 heavy (non-hydrogen) atoms. The van der Waals surface area contributed by atoms with E-state index in [-0.39, 0.29) is 12.4 Å². The van der Waals surface area contributed by atoms with Gasteiger partial charge in [0.05, 0.1) is 0 Å². The lowest BCUT2D eigenvalue weighted by Gasteiger charge is -2.22. The highest BCUT2D eigenvalue weighted by atomic mass is 35.5. The van der Waals surface area contributed by atoms with Crippen molar-refractivity contribution in [1.82, 2.24) is 20.4 Å². The maximum atomic E-state index is 13.0. The standard InChI is InChI=1S/C22H21ClN4O3/c1-13(2)14-4-6-15(7-5-14)19-24-18(30-26-19)12-27-20(28)22(3,25-21(27)29)16-8-10-17(23)11-9-16/h4-11,13H,12H2,1-3H3,(H,25,29). The van der Waals surface area contributed by atoms with Crippen molar-refractivity contribution in [2.75, 3.05) is 0 Å². The third-order valence-corrected chi connectivity index (χ3v) is 5.55. The highest BCUT2D eigenvalue weighted by molar-refractivity contribution is 6.30. The summed E-state index contributed by atoms with van der Waals surface area (Å²) in [5.41, 5.74) is 1.47. The molecule has 1 atom stereocenters. The lowest BCUT2D eigenvalue weighted by molar-refractivity contribution is -0.131. The summed E-state index contributed by atoms with van der Waals surface area (Å²) in [6, 6.07) is 14.2. The number of benzene rings is 2. The molecule has 3 aromatic rings. The van der Waals surface area contributed by atoms with E-state index in [0.717, 1.165) is 10.5 Å². The molecule has 0 aliphatic carbocycles. The molecule has 1 fully saturated rings. The first-order valence-electron chi connectivity index (χ1n) is 9.61. The molecule has 1 aliphatic rings. The number of carbonyl (C=O) groups excluding carboxylic acids is 2. The van der Waals surface area contributed by atoms with E-state index < -0.39 is 17.5 Å². The van der Waals surface area contributed by atoms with Gasteiger partial charge in [-0.1, -0.05) is 67.0 Å². The number of imide groups is 1. The van der Waals surface area contributed by atoms with Crippen LogP contribution in [0.3, 0.4) is 0 Å². The summed E-state index contributed by atoms with van der Waals surface area (Å²) in [5, 5.41) is 7.28. The summed E-state index contributed by atoms with van der Waals surface area (Å²) in [5.74, 6) is 0.625. The first kappa shape index (κ1) is 20.1. The van der Waals surface area contributed by atoms with Crippen LogP contribution in [-0.4, -0.2) is 27.0 Å². The molecule has 0 spiro atoms. The molecule has 8 heteroatoms. The molecule has 154 valence electrons. The summed E-state index contributed by atoms with van der Waals surface area (Å²) in [7, 11) is 0. The number of nitrogens with zero attached hydrogens (tertiary/aromatic N) is 3. The molecular weight excluding hydrogens is 404 g/mol. The number of hydrogen-bond donors (Lipinski definition) is 1. The molecule has 1 N–H and O–H groups in total. The molecule has 1 unspecified atom stereocenters. The first-order chi connectivity index (χ1) is 14.3. The van der Waals surface area contributed by atoms with Crippen LogP contribution in [-0.2, 0) is 16.9 Å². The third-order valence-electron chi connectivity index (χ3n) is 5.29. The number of carbonyl (C=O) groups is 2. The van der Waals surface area contributed by atoms with Crippen molar-refractivity contribution < 1.29 is 14.1 Å². The second kappa shape index (κ2) is 7.57. The SMILES string of the molecule is CC(C)c1ccc(-c2noc(CN3C(=O)NC(C)(c4ccc(Cl)cc4)C3=O)n2)cc1. The van der Waals surface area contributed by atoms with E-state index in [2.05, 4.69) is 29.3 Å². The summed E-state index contributed by atoms with van der Waals surface area (Å²) in [4.78, 5) is 31.0. The second-order valence-electron chi connectivity index (χ2n) is 7.74. The van der Waals surface area contributed by atoms with Crippen molar-refractivity contribution in [1.29, 1.82) is 0 Å². The van der Waals surface area contributed by atoms with Crippen LogP contribution in [0.25, 0.3) is 11.4 Å². The molecule has 0 saturated carbocycles. The van der Waals surface area contributed by atoms with Gasteiger partial charge < -0.3 is 9.84 Å². The molecule has 2 aromatic carbocycles. The van der Waals surface area contributed by atoms with Gasteiger partial charge in [0.2, 0.25) is 11.7 Å². The smallest absolute Gasteiger partial charge is 0.325 e. The Morgan fingerprint density at radius 2 is 1.77 bits per heavy atom. The molecule has 1 aromatic heterocycles. The minimum Gasteiger partial charge on any atom is -0.337 e. The number of aromatic nitrogens is 2. The molecule has 4 rings (SSSR count). The fourth-order valence-electron chi connectivity index (χ4n) is 3.41. The summed E-state index contributed by atoms with van der Waals surface area (Å²) >= 11 is 5.93. The molecule has 0 radical (unpaired) electrons. The Balaban J connectivity index is 1.53. The monoisotopic (exact) mass is 424 g/mol. The van der Waals surface area contributed by atoms with Crippen LogP contribution in [0.4, 0.5) is 4.79 Å². The molecule has 3 amide bonds. The summed E-state index contributed by atoms with van der Waals surface area (Å²) in [6.45, 7) is 5.80. The van der Waals surface area contributed by atoms with Gasteiger partial charge in [-0.3, -0.25) is 9.69 Å². The van der Waals surface area contributed by atoms with Crippen LogP contribution in [0.1, 0.15) is 43.7 Å². The molecule has 1 saturated heterocycles. The number of hydrogen-bond acceptors (Lipinski definition) is 5. The first-order valence-corrected chi connectivity index (χ1v) is 9.99. The molecular formula is C22H21ClN4O3. The van der Waals surface area contributed by atoms with Gasteiger partial charge in [0.1, 0.15) is 12.1 Å². The lowest BCUT2D eigenvalue weighted by atomic mass is 9.92. The minimum absolute atomic E-state index is 0.106. The van der Waals surface area contributed by atoms with E-state index in [0.29, 0.717) is 22.3 Å². The van der Waals surface area contributed by atoms with Gasteiger partial charge in [-0.25, -0.2) is 4.79 Å². The highest BCUT2D eigenvalue weighted by Gasteiger charge is 2.49. The predicted octanol–water partition coefficient (Wildman–Crippen LogP) is 4.48. The zero-order valence-electron chi connectivity index (χ0n) is 16.8. The minimum atomic E-state index is -1.18. The molecule has 0 bridgehead atoms. The normalized spacial score (nSPS) is 18.9. The Hall–Kier alpha value is -3.19. The van der Waals surface area contributed by atoms with Crippen LogP contribution >= 0.6 is 11.6 Å². The molecule has 7 nitrogen and oxygen atoms in total. The number of nitrogens with one attached hydrogen (secondary N) is 1. The summed E-state index contributed by atoms with van der Waals surface area (Å²) in [6.07, 6.45) is 0. The van der Waals surface area contributed by atoms with E-state index in [1.807, 2.05) is 24.3 Å². The van der Waals surface area contributed by atoms with Crippen LogP contribution in [0.5, 0.6) is 0 Å². The summed E-state index contributed by atoms with van der Waals surface area (Å²) < 4.78 is 5.29. The van der Waals surface area contributed by atoms with E-state index in [9.17, 15) is 9.59 Å². The van der Waals surface area contributed by atoms with Gasteiger partial charge in [-0.15, -0.1) is 0 Å². The maximum absolute atomic E-state index is 13.0. The Kier molecular flexibility index (Phi) is 5.07. The van der Waals surface area contributed by atoms with Gasteiger partial charge in [0.15, 0.2) is 0 Å². The van der Waals surface area contributed by atoms with Gasteiger partial charge in [0, 0.05) is 10.6 Å². The Morgan fingerprint density at radius 1 is 1.10 bits per heavy atom. The Morgan fingerprint density at radius 3 is 2.40 bits per heavy atom. The number of halogens is 1. The van der Waals surface area contributed by atoms with Crippen LogP contribution < -0.4 is 5.32 Å². The van der Waals surface area contributed by atoms with Crippen molar-refractivity contribution in [2.24, 2.45) is 0 Å². The fraction of sp³-hybridized carbons (Fsp3) is 0.273. The van der Waals surface area contributed by atoms with Gasteiger partial charge in [-0.2, -0.15) is 4.98 Å². The van der Waals surface area contributed by atoms with E-state index in [4.69, 9.17) is 16.1 Å². The number of amides is 3. The largest absolute Gasteiger partial charge is 0.337 e. The van der Waals surface area contributed by atoms with Crippen molar-refractivity contribution in [2.45, 2.75) is 38.8 Å². The van der Waals surface area contributed by atoms with Crippen molar-refractivity contribution in [3.8, 4) is 11.4 Å². The van der Waals surface area contributed by atoms with Gasteiger partial charge >= 0.3 is 6.03 Å². The van der Waals surface area contributed by atoms with E-state index in [1.165, 1.54) is 5.56 Å². The predicted molar refractivity (Wildman–Crippen MR) is 112 cm³/mol. The average molecular weight is 425 g/mol. The third kappa shape index (κ3) is 3.57. The Labute approximate surface area is 179 Å². The Bertz CT molecular complexity index is 1090. The van der Waals surface area contributed by atoms with Gasteiger partial charge in [-0.05, 0) is 36.1 Å². The second-order valence-corrected chi connectivity index (χ2v) is 8.18. The molecule has 1 aliphatic heterocycles.